The normalized spacial score (nSPS) is 34.7. The number of carbonyl (C=O) groups excluding carboxylic acids is 1. The number of cyclic esters (lactones) is 1. The maximum atomic E-state index is 11.9. The number of nitrogens with two attached hydrogens (primary N) is 1. The van der Waals surface area contributed by atoms with E-state index in [2.05, 4.69) is 6.92 Å². The van der Waals surface area contributed by atoms with Crippen molar-refractivity contribution in [1.82, 2.24) is 0 Å². The molecule has 5 heteroatoms. The van der Waals surface area contributed by atoms with Gasteiger partial charge in [0.05, 0.1) is 19.3 Å². The SMILES string of the molecule is CCCCC1C(C)OC(=O)C(N)COCC1OCC1CC1. The van der Waals surface area contributed by atoms with Gasteiger partial charge in [0.25, 0.3) is 0 Å². The molecule has 0 aromatic heterocycles. The Hall–Kier alpha value is -0.650. The van der Waals surface area contributed by atoms with Crippen molar-refractivity contribution in [1.29, 1.82) is 0 Å². The average molecular weight is 299 g/mol. The van der Waals surface area contributed by atoms with Crippen LogP contribution in [0.2, 0.25) is 0 Å². The third-order valence-corrected chi connectivity index (χ3v) is 4.40. The topological polar surface area (TPSA) is 70.8 Å². The predicted octanol–water partition coefficient (Wildman–Crippen LogP) is 1.88. The van der Waals surface area contributed by atoms with E-state index in [1.807, 2.05) is 6.92 Å². The van der Waals surface area contributed by atoms with Gasteiger partial charge in [-0.15, -0.1) is 0 Å². The number of rotatable bonds is 6. The minimum Gasteiger partial charge on any atom is -0.461 e. The molecule has 1 heterocycles. The summed E-state index contributed by atoms with van der Waals surface area (Å²) >= 11 is 0. The molecule has 1 aliphatic heterocycles. The van der Waals surface area contributed by atoms with Crippen LogP contribution in [0, 0.1) is 11.8 Å². The van der Waals surface area contributed by atoms with Gasteiger partial charge in [0, 0.05) is 12.5 Å². The third-order valence-electron chi connectivity index (χ3n) is 4.40. The van der Waals surface area contributed by atoms with E-state index in [0.29, 0.717) is 12.5 Å². The van der Waals surface area contributed by atoms with Gasteiger partial charge in [-0.3, -0.25) is 4.79 Å². The molecular weight excluding hydrogens is 270 g/mol. The molecule has 4 unspecified atom stereocenters. The fourth-order valence-electron chi connectivity index (χ4n) is 2.74. The van der Waals surface area contributed by atoms with Gasteiger partial charge in [-0.2, -0.15) is 0 Å². The lowest BCUT2D eigenvalue weighted by atomic mass is 9.91. The van der Waals surface area contributed by atoms with Gasteiger partial charge in [-0.05, 0) is 32.1 Å². The van der Waals surface area contributed by atoms with Gasteiger partial charge in [-0.1, -0.05) is 19.8 Å². The van der Waals surface area contributed by atoms with E-state index in [9.17, 15) is 4.79 Å². The molecule has 122 valence electrons. The Balaban J connectivity index is 2.01. The number of ether oxygens (including phenoxy) is 3. The zero-order valence-corrected chi connectivity index (χ0v) is 13.3. The van der Waals surface area contributed by atoms with Gasteiger partial charge >= 0.3 is 5.97 Å². The highest BCUT2D eigenvalue weighted by Gasteiger charge is 2.34. The quantitative estimate of drug-likeness (QED) is 0.758. The van der Waals surface area contributed by atoms with Crippen molar-refractivity contribution in [2.24, 2.45) is 17.6 Å². The molecule has 4 atom stereocenters. The Morgan fingerprint density at radius 3 is 2.76 bits per heavy atom. The molecule has 5 nitrogen and oxygen atoms in total. The largest absolute Gasteiger partial charge is 0.461 e. The van der Waals surface area contributed by atoms with Crippen LogP contribution in [0.15, 0.2) is 0 Å². The molecule has 2 rings (SSSR count). The van der Waals surface area contributed by atoms with Crippen LogP contribution >= 0.6 is 0 Å². The van der Waals surface area contributed by atoms with Gasteiger partial charge in [0.2, 0.25) is 0 Å². The molecule has 21 heavy (non-hydrogen) atoms. The van der Waals surface area contributed by atoms with Crippen LogP contribution in [0.1, 0.15) is 46.0 Å². The minimum absolute atomic E-state index is 0.00903. The first-order valence-corrected chi connectivity index (χ1v) is 8.27. The second kappa shape index (κ2) is 8.11. The van der Waals surface area contributed by atoms with Crippen LogP contribution in [0.25, 0.3) is 0 Å². The van der Waals surface area contributed by atoms with E-state index in [1.165, 1.54) is 12.8 Å². The van der Waals surface area contributed by atoms with Crippen LogP contribution in [-0.4, -0.2) is 44.0 Å². The van der Waals surface area contributed by atoms with Crippen molar-refractivity contribution >= 4 is 5.97 Å². The zero-order chi connectivity index (χ0) is 15.2. The van der Waals surface area contributed by atoms with Crippen molar-refractivity contribution in [3.63, 3.8) is 0 Å². The molecular formula is C16H29NO4. The molecule has 1 aliphatic carbocycles. The average Bonchev–Trinajstić information content (AvgIpc) is 3.27. The van der Waals surface area contributed by atoms with Crippen LogP contribution in [0.4, 0.5) is 0 Å². The summed E-state index contributed by atoms with van der Waals surface area (Å²) in [7, 11) is 0. The van der Waals surface area contributed by atoms with Crippen LogP contribution < -0.4 is 5.73 Å². The lowest BCUT2D eigenvalue weighted by Gasteiger charge is -2.30. The van der Waals surface area contributed by atoms with Gasteiger partial charge in [-0.25, -0.2) is 0 Å². The maximum absolute atomic E-state index is 11.9. The number of hydrogen-bond donors (Lipinski definition) is 1. The summed E-state index contributed by atoms with van der Waals surface area (Å²) in [6, 6.07) is -0.693. The number of esters is 1. The van der Waals surface area contributed by atoms with Crippen molar-refractivity contribution < 1.29 is 19.0 Å². The number of hydrogen-bond acceptors (Lipinski definition) is 5. The van der Waals surface area contributed by atoms with Crippen molar-refractivity contribution in [2.75, 3.05) is 19.8 Å². The van der Waals surface area contributed by atoms with Crippen molar-refractivity contribution in [2.45, 2.75) is 64.2 Å². The monoisotopic (exact) mass is 299 g/mol. The van der Waals surface area contributed by atoms with E-state index >= 15 is 0 Å². The lowest BCUT2D eigenvalue weighted by molar-refractivity contribution is -0.154. The first kappa shape index (κ1) is 16.7. The summed E-state index contributed by atoms with van der Waals surface area (Å²) in [5, 5.41) is 0. The molecule has 2 aliphatic rings. The molecule has 0 spiro atoms. The first-order chi connectivity index (χ1) is 10.1. The smallest absolute Gasteiger partial charge is 0.325 e. The molecule has 1 saturated heterocycles. The van der Waals surface area contributed by atoms with E-state index in [-0.39, 0.29) is 30.7 Å². The Kier molecular flexibility index (Phi) is 6.45. The number of carbonyl (C=O) groups is 1. The second-order valence-corrected chi connectivity index (χ2v) is 6.41. The molecule has 2 fully saturated rings. The zero-order valence-electron chi connectivity index (χ0n) is 13.3. The molecule has 1 saturated carbocycles. The molecule has 2 N–H and O–H groups in total. The van der Waals surface area contributed by atoms with Gasteiger partial charge < -0.3 is 19.9 Å². The summed E-state index contributed by atoms with van der Waals surface area (Å²) in [5.41, 5.74) is 5.76. The van der Waals surface area contributed by atoms with Crippen LogP contribution in [0.5, 0.6) is 0 Å². The Labute approximate surface area is 127 Å². The summed E-state index contributed by atoms with van der Waals surface area (Å²) in [6.07, 6.45) is 5.55. The van der Waals surface area contributed by atoms with E-state index < -0.39 is 6.04 Å². The molecule has 0 aromatic carbocycles. The molecule has 0 amide bonds. The summed E-state index contributed by atoms with van der Waals surface area (Å²) < 4.78 is 17.2. The van der Waals surface area contributed by atoms with E-state index in [1.54, 1.807) is 0 Å². The van der Waals surface area contributed by atoms with E-state index in [4.69, 9.17) is 19.9 Å². The highest BCUT2D eigenvalue weighted by Crippen LogP contribution is 2.31. The minimum atomic E-state index is -0.693. The predicted molar refractivity (Wildman–Crippen MR) is 79.8 cm³/mol. The second-order valence-electron chi connectivity index (χ2n) is 6.41. The summed E-state index contributed by atoms with van der Waals surface area (Å²) in [5.74, 6) is 0.523. The molecule has 0 aromatic rings. The van der Waals surface area contributed by atoms with Crippen molar-refractivity contribution in [3.8, 4) is 0 Å². The van der Waals surface area contributed by atoms with Gasteiger partial charge in [0.1, 0.15) is 12.1 Å². The fraction of sp³-hybridized carbons (Fsp3) is 0.938. The van der Waals surface area contributed by atoms with Crippen molar-refractivity contribution in [3.05, 3.63) is 0 Å². The molecule has 0 bridgehead atoms. The Bertz CT molecular complexity index is 332. The maximum Gasteiger partial charge on any atom is 0.325 e. The lowest BCUT2D eigenvalue weighted by Crippen LogP contribution is -2.39. The molecule has 0 radical (unpaired) electrons. The van der Waals surface area contributed by atoms with Crippen LogP contribution in [-0.2, 0) is 19.0 Å². The Morgan fingerprint density at radius 2 is 2.10 bits per heavy atom. The number of unbranched alkanes of at least 4 members (excludes halogenated alkanes) is 1. The summed E-state index contributed by atoms with van der Waals surface area (Å²) in [6.45, 7) is 5.61. The third kappa shape index (κ3) is 5.24. The summed E-state index contributed by atoms with van der Waals surface area (Å²) in [4.78, 5) is 11.9. The standard InChI is InChI=1S/C16H29NO4/c1-3-4-5-13-11(2)21-16(18)14(17)9-19-10-15(13)20-8-12-6-7-12/h11-15H,3-10,17H2,1-2H3. The highest BCUT2D eigenvalue weighted by atomic mass is 16.6. The van der Waals surface area contributed by atoms with Gasteiger partial charge in [0.15, 0.2) is 0 Å². The Morgan fingerprint density at radius 1 is 1.33 bits per heavy atom. The van der Waals surface area contributed by atoms with Crippen LogP contribution in [0.3, 0.4) is 0 Å². The van der Waals surface area contributed by atoms with E-state index in [0.717, 1.165) is 25.9 Å². The fourth-order valence-corrected chi connectivity index (χ4v) is 2.74. The first-order valence-electron chi connectivity index (χ1n) is 8.27. The highest BCUT2D eigenvalue weighted by molar-refractivity contribution is 5.75.